The van der Waals surface area contributed by atoms with Crippen molar-refractivity contribution < 1.29 is 9.66 Å². The Hall–Kier alpha value is -1.11. The molecule has 0 fully saturated rings. The maximum Gasteiger partial charge on any atom is 0.273 e. The van der Waals surface area contributed by atoms with Crippen LogP contribution in [0.4, 0.5) is 5.69 Å². The summed E-state index contributed by atoms with van der Waals surface area (Å²) in [5, 5.41) is 11.7. The molecule has 0 aromatic heterocycles. The van der Waals surface area contributed by atoms with E-state index in [1.807, 2.05) is 0 Å². The van der Waals surface area contributed by atoms with Crippen LogP contribution in [-0.4, -0.2) is 4.92 Å². The molecule has 7 heteroatoms. The molecule has 0 radical (unpaired) electrons. The summed E-state index contributed by atoms with van der Waals surface area (Å²) in [6, 6.07) is 9.82. The van der Waals surface area contributed by atoms with Crippen molar-refractivity contribution in [3.8, 4) is 11.5 Å². The number of nitrogens with zero attached hydrogens (tertiary/aromatic N) is 1. The lowest BCUT2D eigenvalue weighted by molar-refractivity contribution is -0.385. The Kier molecular flexibility index (Phi) is 5.01. The van der Waals surface area contributed by atoms with Crippen molar-refractivity contribution in [1.82, 2.24) is 0 Å². The maximum atomic E-state index is 10.9. The lowest BCUT2D eigenvalue weighted by atomic mass is 10.2. The topological polar surface area (TPSA) is 52.4 Å². The van der Waals surface area contributed by atoms with Gasteiger partial charge in [-0.1, -0.05) is 43.5 Å². The number of benzene rings is 2. The molecule has 0 unspecified atom stereocenters. The minimum Gasteiger partial charge on any atom is -0.456 e. The summed E-state index contributed by atoms with van der Waals surface area (Å²) in [5.74, 6) is 0.985. The molecule has 2 aromatic carbocycles. The maximum absolute atomic E-state index is 10.9. The zero-order valence-electron chi connectivity index (χ0n) is 9.98. The van der Waals surface area contributed by atoms with Gasteiger partial charge in [-0.3, -0.25) is 10.1 Å². The number of nitro benzene ring substituents is 1. The van der Waals surface area contributed by atoms with E-state index in [1.54, 1.807) is 30.3 Å². The predicted octanol–water partition coefficient (Wildman–Crippen LogP) is 5.70. The average molecular weight is 421 g/mol. The normalized spacial score (nSPS) is 10.3. The standard InChI is InChI=1S/C13H8Br2ClNO3/c14-7-8-5-10(2-3-12(8)17(18)19)20-13-4-1-9(15)6-11(13)16/h1-6H,7H2. The third kappa shape index (κ3) is 3.50. The summed E-state index contributed by atoms with van der Waals surface area (Å²) < 4.78 is 6.49. The number of halogens is 3. The van der Waals surface area contributed by atoms with Gasteiger partial charge in [0.1, 0.15) is 11.5 Å². The van der Waals surface area contributed by atoms with Gasteiger partial charge in [0.05, 0.1) is 9.95 Å². The number of alkyl halides is 1. The highest BCUT2D eigenvalue weighted by atomic mass is 79.9. The van der Waals surface area contributed by atoms with Gasteiger partial charge in [0.2, 0.25) is 0 Å². The Bertz CT molecular complexity index is 664. The molecule has 2 aromatic rings. The van der Waals surface area contributed by atoms with E-state index in [2.05, 4.69) is 31.9 Å². The van der Waals surface area contributed by atoms with Crippen molar-refractivity contribution in [2.45, 2.75) is 5.33 Å². The first-order chi connectivity index (χ1) is 9.51. The van der Waals surface area contributed by atoms with Gasteiger partial charge in [-0.25, -0.2) is 0 Å². The Labute approximate surface area is 137 Å². The van der Waals surface area contributed by atoms with Crippen molar-refractivity contribution in [1.29, 1.82) is 0 Å². The fourth-order valence-corrected chi connectivity index (χ4v) is 2.76. The van der Waals surface area contributed by atoms with Crippen LogP contribution >= 0.6 is 43.5 Å². The first-order valence-corrected chi connectivity index (χ1v) is 7.76. The van der Waals surface area contributed by atoms with Crippen LogP contribution in [0.1, 0.15) is 5.56 Å². The Morgan fingerprint density at radius 3 is 2.60 bits per heavy atom. The highest BCUT2D eigenvalue weighted by molar-refractivity contribution is 9.10. The van der Waals surface area contributed by atoms with Crippen LogP contribution in [0.25, 0.3) is 0 Å². The second kappa shape index (κ2) is 6.56. The van der Waals surface area contributed by atoms with Crippen molar-refractivity contribution >= 4 is 49.1 Å². The molecule has 0 N–H and O–H groups in total. The molecule has 0 saturated heterocycles. The highest BCUT2D eigenvalue weighted by Gasteiger charge is 2.14. The van der Waals surface area contributed by atoms with Gasteiger partial charge in [0, 0.05) is 21.4 Å². The third-order valence-electron chi connectivity index (χ3n) is 2.51. The highest BCUT2D eigenvalue weighted by Crippen LogP contribution is 2.33. The summed E-state index contributed by atoms with van der Waals surface area (Å²) in [6.45, 7) is 0. The third-order valence-corrected chi connectivity index (χ3v) is 3.91. The van der Waals surface area contributed by atoms with Gasteiger partial charge in [-0.15, -0.1) is 0 Å². The summed E-state index contributed by atoms with van der Waals surface area (Å²) in [6.07, 6.45) is 0. The van der Waals surface area contributed by atoms with E-state index in [-0.39, 0.29) is 5.69 Å². The Morgan fingerprint density at radius 1 is 1.25 bits per heavy atom. The molecule has 104 valence electrons. The molecule has 0 aliphatic rings. The molecule has 0 amide bonds. The van der Waals surface area contributed by atoms with E-state index in [0.717, 1.165) is 4.47 Å². The number of ether oxygens (including phenoxy) is 1. The molecule has 0 spiro atoms. The molecular weight excluding hydrogens is 413 g/mol. The zero-order valence-corrected chi connectivity index (χ0v) is 13.9. The lowest BCUT2D eigenvalue weighted by Gasteiger charge is -2.09. The summed E-state index contributed by atoms with van der Waals surface area (Å²) in [7, 11) is 0. The number of hydrogen-bond acceptors (Lipinski definition) is 3. The fraction of sp³-hybridized carbons (Fsp3) is 0.0769. The van der Waals surface area contributed by atoms with Gasteiger partial charge in [-0.05, 0) is 30.3 Å². The minimum absolute atomic E-state index is 0.0520. The van der Waals surface area contributed by atoms with Crippen molar-refractivity contribution in [3.63, 3.8) is 0 Å². The van der Waals surface area contributed by atoms with Gasteiger partial charge < -0.3 is 4.74 Å². The zero-order chi connectivity index (χ0) is 14.7. The second-order valence-electron chi connectivity index (χ2n) is 3.86. The van der Waals surface area contributed by atoms with Gasteiger partial charge in [0.15, 0.2) is 0 Å². The van der Waals surface area contributed by atoms with Crippen molar-refractivity contribution in [2.75, 3.05) is 0 Å². The smallest absolute Gasteiger partial charge is 0.273 e. The first kappa shape index (κ1) is 15.3. The monoisotopic (exact) mass is 419 g/mol. The average Bonchev–Trinajstić information content (AvgIpc) is 2.41. The predicted molar refractivity (Wildman–Crippen MR) is 85.0 cm³/mol. The van der Waals surface area contributed by atoms with E-state index in [4.69, 9.17) is 16.3 Å². The minimum atomic E-state index is -0.424. The molecule has 0 aliphatic carbocycles. The van der Waals surface area contributed by atoms with Gasteiger partial charge in [-0.2, -0.15) is 0 Å². The van der Waals surface area contributed by atoms with E-state index in [0.29, 0.717) is 27.4 Å². The molecule has 0 aliphatic heterocycles. The quantitative estimate of drug-likeness (QED) is 0.362. The fourth-order valence-electron chi connectivity index (χ4n) is 1.60. The van der Waals surface area contributed by atoms with Crippen molar-refractivity contribution in [3.05, 3.63) is 61.6 Å². The SMILES string of the molecule is O=[N+]([O-])c1ccc(Oc2ccc(Br)cc2Cl)cc1CBr. The van der Waals surface area contributed by atoms with Crippen LogP contribution in [0.3, 0.4) is 0 Å². The lowest BCUT2D eigenvalue weighted by Crippen LogP contribution is -1.94. The molecule has 4 nitrogen and oxygen atoms in total. The number of hydrogen-bond donors (Lipinski definition) is 0. The van der Waals surface area contributed by atoms with E-state index in [1.165, 1.54) is 6.07 Å². The number of nitro groups is 1. The van der Waals surface area contributed by atoms with Gasteiger partial charge in [0.25, 0.3) is 5.69 Å². The molecular formula is C13H8Br2ClNO3. The van der Waals surface area contributed by atoms with Crippen LogP contribution in [0.15, 0.2) is 40.9 Å². The van der Waals surface area contributed by atoms with E-state index < -0.39 is 4.92 Å². The molecule has 2 rings (SSSR count). The van der Waals surface area contributed by atoms with Crippen LogP contribution in [-0.2, 0) is 5.33 Å². The van der Waals surface area contributed by atoms with Crippen molar-refractivity contribution in [2.24, 2.45) is 0 Å². The summed E-state index contributed by atoms with van der Waals surface area (Å²) in [4.78, 5) is 10.4. The summed E-state index contributed by atoms with van der Waals surface area (Å²) in [5.41, 5.74) is 0.594. The molecule has 0 heterocycles. The molecule has 0 bridgehead atoms. The van der Waals surface area contributed by atoms with Gasteiger partial charge >= 0.3 is 0 Å². The van der Waals surface area contributed by atoms with E-state index in [9.17, 15) is 10.1 Å². The number of rotatable bonds is 4. The first-order valence-electron chi connectivity index (χ1n) is 5.47. The van der Waals surface area contributed by atoms with Crippen LogP contribution < -0.4 is 4.74 Å². The largest absolute Gasteiger partial charge is 0.456 e. The Morgan fingerprint density at radius 2 is 2.00 bits per heavy atom. The second-order valence-corrected chi connectivity index (χ2v) is 5.74. The summed E-state index contributed by atoms with van der Waals surface area (Å²) >= 11 is 12.6. The molecule has 0 atom stereocenters. The van der Waals surface area contributed by atoms with Crippen LogP contribution in [0.5, 0.6) is 11.5 Å². The molecule has 20 heavy (non-hydrogen) atoms. The van der Waals surface area contributed by atoms with E-state index >= 15 is 0 Å². The van der Waals surface area contributed by atoms with Crippen LogP contribution in [0.2, 0.25) is 5.02 Å². The van der Waals surface area contributed by atoms with Crippen LogP contribution in [0, 0.1) is 10.1 Å². The Balaban J connectivity index is 2.32. The molecule has 0 saturated carbocycles.